The number of para-hydroxylation sites is 1. The molecule has 6 nitrogen and oxygen atoms in total. The van der Waals surface area contributed by atoms with Gasteiger partial charge in [-0.3, -0.25) is 14.6 Å². The molecule has 0 spiro atoms. The third-order valence-corrected chi connectivity index (χ3v) is 4.71. The molecule has 0 saturated heterocycles. The number of rotatable bonds is 5. The van der Waals surface area contributed by atoms with E-state index in [2.05, 4.69) is 10.3 Å². The number of benzene rings is 2. The third-order valence-electron chi connectivity index (χ3n) is 4.71. The molecule has 0 fully saturated rings. The Hall–Kier alpha value is -4.00. The highest BCUT2D eigenvalue weighted by Gasteiger charge is 2.14. The molecule has 0 saturated carbocycles. The third kappa shape index (κ3) is 3.91. The zero-order chi connectivity index (χ0) is 21.1. The van der Waals surface area contributed by atoms with Gasteiger partial charge in [0.15, 0.2) is 11.6 Å². The second kappa shape index (κ2) is 8.16. The van der Waals surface area contributed by atoms with E-state index in [1.807, 2.05) is 0 Å². The molecule has 1 N–H and O–H groups in total. The molecule has 2 aromatic carbocycles. The molecule has 150 valence electrons. The van der Waals surface area contributed by atoms with Gasteiger partial charge in [0, 0.05) is 31.2 Å². The zero-order valence-corrected chi connectivity index (χ0v) is 16.1. The number of nitrogens with zero attached hydrogens (tertiary/aromatic N) is 2. The van der Waals surface area contributed by atoms with Gasteiger partial charge in [0.1, 0.15) is 5.75 Å². The summed E-state index contributed by atoms with van der Waals surface area (Å²) in [6, 6.07) is 16.3. The van der Waals surface area contributed by atoms with E-state index in [-0.39, 0.29) is 23.4 Å². The summed E-state index contributed by atoms with van der Waals surface area (Å²) < 4.78 is 21.3. The van der Waals surface area contributed by atoms with Crippen LogP contribution >= 0.6 is 0 Å². The number of ether oxygens (including phenoxy) is 1. The summed E-state index contributed by atoms with van der Waals surface area (Å²) in [5.41, 5.74) is 1.23. The average molecular weight is 403 g/mol. The maximum atomic E-state index is 14.4. The molecule has 0 aliphatic heterocycles. The fraction of sp³-hybridized carbons (Fsp3) is 0.0870. The predicted molar refractivity (Wildman–Crippen MR) is 111 cm³/mol. The molecule has 7 heteroatoms. The first-order valence-electron chi connectivity index (χ1n) is 9.26. The fourth-order valence-electron chi connectivity index (χ4n) is 3.15. The van der Waals surface area contributed by atoms with Crippen LogP contribution in [0.1, 0.15) is 15.9 Å². The molecular formula is C23H18FN3O3. The number of aromatic nitrogens is 2. The van der Waals surface area contributed by atoms with Crippen LogP contribution in [0, 0.1) is 5.82 Å². The predicted octanol–water partition coefficient (Wildman–Crippen LogP) is 3.79. The molecule has 0 aliphatic rings. The molecule has 0 aliphatic carbocycles. The largest absolute Gasteiger partial charge is 0.453 e. The van der Waals surface area contributed by atoms with Gasteiger partial charge in [0.2, 0.25) is 0 Å². The van der Waals surface area contributed by atoms with E-state index in [1.165, 1.54) is 29.0 Å². The van der Waals surface area contributed by atoms with E-state index in [1.54, 1.807) is 55.7 Å². The fourth-order valence-corrected chi connectivity index (χ4v) is 3.15. The first-order valence-corrected chi connectivity index (χ1v) is 9.26. The van der Waals surface area contributed by atoms with Gasteiger partial charge in [-0.15, -0.1) is 0 Å². The van der Waals surface area contributed by atoms with Crippen molar-refractivity contribution in [2.75, 3.05) is 0 Å². The van der Waals surface area contributed by atoms with Crippen molar-refractivity contribution >= 4 is 16.8 Å². The van der Waals surface area contributed by atoms with Crippen molar-refractivity contribution in [1.29, 1.82) is 0 Å². The second-order valence-electron chi connectivity index (χ2n) is 6.71. The van der Waals surface area contributed by atoms with Gasteiger partial charge in [-0.2, -0.15) is 0 Å². The van der Waals surface area contributed by atoms with Crippen LogP contribution in [0.4, 0.5) is 4.39 Å². The molecule has 0 atom stereocenters. The number of hydrogen-bond donors (Lipinski definition) is 1. The van der Waals surface area contributed by atoms with Gasteiger partial charge in [-0.05, 0) is 35.9 Å². The summed E-state index contributed by atoms with van der Waals surface area (Å²) in [5, 5.41) is 3.42. The molecular weight excluding hydrogens is 385 g/mol. The van der Waals surface area contributed by atoms with Crippen molar-refractivity contribution in [1.82, 2.24) is 14.9 Å². The van der Waals surface area contributed by atoms with E-state index in [4.69, 9.17) is 4.74 Å². The summed E-state index contributed by atoms with van der Waals surface area (Å²) in [5.74, 6) is -0.463. The molecule has 0 radical (unpaired) electrons. The standard InChI is InChI=1S/C23H18FN3O3/c1-27-20-7-3-2-6-17(20)18(12-22(27)28)23(29)26-13-15-8-9-21(19(24)11-15)30-16-5-4-10-25-14-16/h2-12,14H,13H2,1H3,(H,26,29). The summed E-state index contributed by atoms with van der Waals surface area (Å²) in [7, 11) is 1.66. The number of carbonyl (C=O) groups excluding carboxylic acids is 1. The number of nitrogens with one attached hydrogen (secondary N) is 1. The number of amides is 1. The van der Waals surface area contributed by atoms with Crippen LogP contribution in [0.2, 0.25) is 0 Å². The number of hydrogen-bond acceptors (Lipinski definition) is 4. The van der Waals surface area contributed by atoms with Crippen LogP contribution in [-0.4, -0.2) is 15.5 Å². The van der Waals surface area contributed by atoms with Crippen molar-refractivity contribution < 1.29 is 13.9 Å². The van der Waals surface area contributed by atoms with E-state index in [9.17, 15) is 14.0 Å². The van der Waals surface area contributed by atoms with Gasteiger partial charge in [0.05, 0.1) is 17.3 Å². The Morgan fingerprint density at radius 1 is 1.13 bits per heavy atom. The highest BCUT2D eigenvalue weighted by Crippen LogP contribution is 2.24. The van der Waals surface area contributed by atoms with Crippen LogP contribution < -0.4 is 15.6 Å². The minimum Gasteiger partial charge on any atom is -0.453 e. The Labute approximate surface area is 171 Å². The smallest absolute Gasteiger partial charge is 0.252 e. The molecule has 4 aromatic rings. The average Bonchev–Trinajstić information content (AvgIpc) is 2.77. The highest BCUT2D eigenvalue weighted by atomic mass is 19.1. The number of carbonyl (C=O) groups is 1. The maximum Gasteiger partial charge on any atom is 0.252 e. The number of halogens is 1. The molecule has 1 amide bonds. The van der Waals surface area contributed by atoms with Crippen molar-refractivity contribution in [3.8, 4) is 11.5 Å². The Morgan fingerprint density at radius 2 is 1.97 bits per heavy atom. The molecule has 0 unspecified atom stereocenters. The lowest BCUT2D eigenvalue weighted by Gasteiger charge is -2.11. The topological polar surface area (TPSA) is 73.2 Å². The Balaban J connectivity index is 1.51. The van der Waals surface area contributed by atoms with Gasteiger partial charge in [-0.25, -0.2) is 4.39 Å². The van der Waals surface area contributed by atoms with E-state index >= 15 is 0 Å². The van der Waals surface area contributed by atoms with E-state index < -0.39 is 11.7 Å². The Morgan fingerprint density at radius 3 is 2.73 bits per heavy atom. The van der Waals surface area contributed by atoms with Crippen molar-refractivity contribution in [3.63, 3.8) is 0 Å². The maximum absolute atomic E-state index is 14.4. The van der Waals surface area contributed by atoms with Gasteiger partial charge >= 0.3 is 0 Å². The molecule has 4 rings (SSSR count). The number of fused-ring (bicyclic) bond motifs is 1. The van der Waals surface area contributed by atoms with Crippen LogP contribution in [0.25, 0.3) is 10.9 Å². The number of pyridine rings is 2. The van der Waals surface area contributed by atoms with Gasteiger partial charge in [0.25, 0.3) is 11.5 Å². The minimum atomic E-state index is -0.551. The second-order valence-corrected chi connectivity index (χ2v) is 6.71. The zero-order valence-electron chi connectivity index (χ0n) is 16.1. The number of aryl methyl sites for hydroxylation is 1. The summed E-state index contributed by atoms with van der Waals surface area (Å²) in [6.45, 7) is 0.104. The molecule has 2 aromatic heterocycles. The lowest BCUT2D eigenvalue weighted by Crippen LogP contribution is -2.26. The Kier molecular flexibility index (Phi) is 5.26. The van der Waals surface area contributed by atoms with Crippen LogP contribution in [0.15, 0.2) is 77.9 Å². The van der Waals surface area contributed by atoms with Crippen LogP contribution in [-0.2, 0) is 13.6 Å². The van der Waals surface area contributed by atoms with Crippen LogP contribution in [0.3, 0.4) is 0 Å². The van der Waals surface area contributed by atoms with Crippen molar-refractivity contribution in [3.05, 3.63) is 100 Å². The van der Waals surface area contributed by atoms with Crippen molar-refractivity contribution in [2.45, 2.75) is 6.54 Å². The first-order chi connectivity index (χ1) is 14.5. The normalized spacial score (nSPS) is 10.7. The van der Waals surface area contributed by atoms with Gasteiger partial charge < -0.3 is 14.6 Å². The molecule has 30 heavy (non-hydrogen) atoms. The lowest BCUT2D eigenvalue weighted by atomic mass is 10.1. The molecule has 0 bridgehead atoms. The van der Waals surface area contributed by atoms with Crippen molar-refractivity contribution in [2.24, 2.45) is 7.05 Å². The quantitative estimate of drug-likeness (QED) is 0.550. The summed E-state index contributed by atoms with van der Waals surface area (Å²) >= 11 is 0. The molecule has 2 heterocycles. The van der Waals surface area contributed by atoms with E-state index in [0.717, 1.165) is 0 Å². The Bertz CT molecular complexity index is 1290. The monoisotopic (exact) mass is 403 g/mol. The lowest BCUT2D eigenvalue weighted by molar-refractivity contribution is 0.0952. The SMILES string of the molecule is Cn1c(=O)cc(C(=O)NCc2ccc(Oc3cccnc3)c(F)c2)c2ccccc21. The summed E-state index contributed by atoms with van der Waals surface area (Å²) in [4.78, 5) is 28.8. The first kappa shape index (κ1) is 19.3. The summed E-state index contributed by atoms with van der Waals surface area (Å²) in [6.07, 6.45) is 3.09. The minimum absolute atomic E-state index is 0.0654. The van der Waals surface area contributed by atoms with Gasteiger partial charge in [-0.1, -0.05) is 24.3 Å². The van der Waals surface area contributed by atoms with Crippen LogP contribution in [0.5, 0.6) is 11.5 Å². The highest BCUT2D eigenvalue weighted by molar-refractivity contribution is 6.06. The van der Waals surface area contributed by atoms with E-state index in [0.29, 0.717) is 22.2 Å².